The van der Waals surface area contributed by atoms with Crippen molar-refractivity contribution < 1.29 is 9.47 Å². The summed E-state index contributed by atoms with van der Waals surface area (Å²) < 4.78 is 11.9. The summed E-state index contributed by atoms with van der Waals surface area (Å²) in [5.74, 6) is 0.658. The van der Waals surface area contributed by atoms with E-state index < -0.39 is 0 Å². The first-order valence-electron chi connectivity index (χ1n) is 10.2. The van der Waals surface area contributed by atoms with Crippen molar-refractivity contribution in [3.05, 3.63) is 11.1 Å². The van der Waals surface area contributed by atoms with Gasteiger partial charge in [-0.05, 0) is 50.0 Å². The molecular formula is C21H39NO2. The van der Waals surface area contributed by atoms with E-state index in [1.54, 1.807) is 11.1 Å². The van der Waals surface area contributed by atoms with E-state index in [1.165, 1.54) is 64.2 Å². The fourth-order valence-corrected chi connectivity index (χ4v) is 4.43. The molecule has 0 bridgehead atoms. The van der Waals surface area contributed by atoms with E-state index in [4.69, 9.17) is 9.47 Å². The third-order valence-electron chi connectivity index (χ3n) is 6.01. The molecule has 1 aliphatic carbocycles. The molecule has 0 spiro atoms. The predicted molar refractivity (Wildman–Crippen MR) is 101 cm³/mol. The van der Waals surface area contributed by atoms with Crippen LogP contribution >= 0.6 is 0 Å². The van der Waals surface area contributed by atoms with Crippen LogP contribution in [0.15, 0.2) is 11.1 Å². The minimum atomic E-state index is 0.113. The lowest BCUT2D eigenvalue weighted by Crippen LogP contribution is -2.44. The molecule has 0 aromatic rings. The number of hydrogen-bond acceptors (Lipinski definition) is 3. The molecule has 24 heavy (non-hydrogen) atoms. The molecular weight excluding hydrogens is 298 g/mol. The van der Waals surface area contributed by atoms with Crippen LogP contribution in [-0.4, -0.2) is 39.0 Å². The smallest absolute Gasteiger partial charge is 0.106 e. The molecule has 0 fully saturated rings. The van der Waals surface area contributed by atoms with Crippen molar-refractivity contribution in [3.8, 4) is 0 Å². The Morgan fingerprint density at radius 1 is 0.875 bits per heavy atom. The quantitative estimate of drug-likeness (QED) is 0.746. The normalized spacial score (nSPS) is 34.1. The lowest BCUT2D eigenvalue weighted by Gasteiger charge is -2.30. The zero-order valence-corrected chi connectivity index (χ0v) is 16.4. The van der Waals surface area contributed by atoms with Crippen LogP contribution in [0.3, 0.4) is 0 Å². The maximum atomic E-state index is 6.00. The molecule has 1 N–H and O–H groups in total. The highest BCUT2D eigenvalue weighted by atomic mass is 16.5. The minimum absolute atomic E-state index is 0.113. The molecule has 0 aromatic carbocycles. The van der Waals surface area contributed by atoms with E-state index in [2.05, 4.69) is 19.2 Å². The van der Waals surface area contributed by atoms with Gasteiger partial charge in [0.25, 0.3) is 0 Å². The van der Waals surface area contributed by atoms with Gasteiger partial charge in [-0.2, -0.15) is 0 Å². The first-order chi connectivity index (χ1) is 11.7. The summed E-state index contributed by atoms with van der Waals surface area (Å²) in [7, 11) is 3.69. The summed E-state index contributed by atoms with van der Waals surface area (Å²) in [4.78, 5) is 0. The van der Waals surface area contributed by atoms with Crippen LogP contribution in [0, 0.1) is 5.92 Å². The van der Waals surface area contributed by atoms with Gasteiger partial charge in [-0.15, -0.1) is 0 Å². The van der Waals surface area contributed by atoms with Crippen LogP contribution in [0.1, 0.15) is 78.1 Å². The average Bonchev–Trinajstić information content (AvgIpc) is 2.65. The number of nitrogens with one attached hydrogen (secondary N) is 1. The van der Waals surface area contributed by atoms with Crippen molar-refractivity contribution in [2.24, 2.45) is 5.92 Å². The number of methoxy groups -OCH3 is 2. The largest absolute Gasteiger partial charge is 0.377 e. The van der Waals surface area contributed by atoms with E-state index in [0.29, 0.717) is 12.0 Å². The second-order valence-corrected chi connectivity index (χ2v) is 7.98. The maximum absolute atomic E-state index is 6.00. The molecule has 1 aliphatic heterocycles. The fraction of sp³-hybridized carbons (Fsp3) is 0.905. The molecule has 0 saturated heterocycles. The number of ether oxygens (including phenoxy) is 2. The van der Waals surface area contributed by atoms with Crippen molar-refractivity contribution in [3.63, 3.8) is 0 Å². The van der Waals surface area contributed by atoms with Crippen LogP contribution in [0.2, 0.25) is 0 Å². The molecule has 0 saturated carbocycles. The zero-order chi connectivity index (χ0) is 17.4. The molecule has 3 heteroatoms. The highest BCUT2D eigenvalue weighted by molar-refractivity contribution is 5.22. The Morgan fingerprint density at radius 2 is 1.54 bits per heavy atom. The lowest BCUT2D eigenvalue weighted by molar-refractivity contribution is -0.0191. The van der Waals surface area contributed by atoms with E-state index in [9.17, 15) is 0 Å². The highest BCUT2D eigenvalue weighted by Crippen LogP contribution is 2.32. The summed E-state index contributed by atoms with van der Waals surface area (Å²) in [6, 6.07) is 0.572. The Kier molecular flexibility index (Phi) is 8.79. The van der Waals surface area contributed by atoms with Crippen LogP contribution in [0.25, 0.3) is 0 Å². The second kappa shape index (κ2) is 10.6. The van der Waals surface area contributed by atoms with Gasteiger partial charge in [-0.25, -0.2) is 0 Å². The number of rotatable bonds is 3. The summed E-state index contributed by atoms with van der Waals surface area (Å²) >= 11 is 0. The maximum Gasteiger partial charge on any atom is 0.106 e. The van der Waals surface area contributed by atoms with Crippen molar-refractivity contribution in [2.75, 3.05) is 20.8 Å². The Balaban J connectivity index is 2.29. The first-order valence-corrected chi connectivity index (χ1v) is 10.2. The number of hydrogen-bond donors (Lipinski definition) is 1. The molecule has 1 heterocycles. The topological polar surface area (TPSA) is 30.5 Å². The standard InChI is InChI=1S/C21H39NO2/c1-16(2)19-14-13-17-11-9-7-5-6-8-10-12-18(17)21(24-4)20(23-3)15-22-19/h16,19-22H,5-15H2,1-4H3/b18-17-/t19?,20-,21-/m0/s1. The van der Waals surface area contributed by atoms with Gasteiger partial charge in [-0.3, -0.25) is 0 Å². The molecule has 0 aromatic heterocycles. The van der Waals surface area contributed by atoms with Gasteiger partial charge in [0.05, 0.1) is 6.10 Å². The van der Waals surface area contributed by atoms with E-state index in [-0.39, 0.29) is 12.2 Å². The van der Waals surface area contributed by atoms with Gasteiger partial charge in [0, 0.05) is 26.8 Å². The monoisotopic (exact) mass is 337 g/mol. The average molecular weight is 338 g/mol. The molecule has 140 valence electrons. The lowest BCUT2D eigenvalue weighted by atomic mass is 9.86. The van der Waals surface area contributed by atoms with Gasteiger partial charge in [0.15, 0.2) is 0 Å². The second-order valence-electron chi connectivity index (χ2n) is 7.98. The molecule has 1 unspecified atom stereocenters. The third kappa shape index (κ3) is 5.57. The molecule has 2 aliphatic rings. The summed E-state index contributed by atoms with van der Waals surface area (Å²) in [6.45, 7) is 5.54. The third-order valence-corrected chi connectivity index (χ3v) is 6.01. The highest BCUT2D eigenvalue weighted by Gasteiger charge is 2.30. The van der Waals surface area contributed by atoms with E-state index in [0.717, 1.165) is 6.54 Å². The fourth-order valence-electron chi connectivity index (χ4n) is 4.43. The molecule has 2 rings (SSSR count). The number of allylic oxidation sites excluding steroid dienone is 1. The Hall–Kier alpha value is -0.380. The van der Waals surface area contributed by atoms with Crippen molar-refractivity contribution >= 4 is 0 Å². The summed E-state index contributed by atoms with van der Waals surface area (Å²) in [5, 5.41) is 3.76. The summed E-state index contributed by atoms with van der Waals surface area (Å²) in [5.41, 5.74) is 3.25. The zero-order valence-electron chi connectivity index (χ0n) is 16.4. The molecule has 0 radical (unpaired) electrons. The van der Waals surface area contributed by atoms with Gasteiger partial charge in [0.2, 0.25) is 0 Å². The first kappa shape index (κ1) is 19.9. The van der Waals surface area contributed by atoms with Gasteiger partial charge in [0.1, 0.15) is 6.10 Å². The van der Waals surface area contributed by atoms with Gasteiger partial charge >= 0.3 is 0 Å². The van der Waals surface area contributed by atoms with Gasteiger partial charge < -0.3 is 14.8 Å². The van der Waals surface area contributed by atoms with Crippen LogP contribution < -0.4 is 5.32 Å². The predicted octanol–water partition coefficient (Wildman–Crippen LogP) is 4.86. The minimum Gasteiger partial charge on any atom is -0.377 e. The van der Waals surface area contributed by atoms with Crippen LogP contribution in [0.5, 0.6) is 0 Å². The Labute approximate surface area is 149 Å². The molecule has 3 atom stereocenters. The van der Waals surface area contributed by atoms with E-state index >= 15 is 0 Å². The SMILES string of the molecule is CO[C@H]1CNC(C(C)C)CC/C2=C(/CCCCCCCC2)[C@@H]1OC. The molecule has 0 amide bonds. The summed E-state index contributed by atoms with van der Waals surface area (Å²) in [6.07, 6.45) is 13.3. The molecule has 3 nitrogen and oxygen atoms in total. The Bertz CT molecular complexity index is 391. The van der Waals surface area contributed by atoms with Crippen molar-refractivity contribution in [1.29, 1.82) is 0 Å². The van der Waals surface area contributed by atoms with Crippen LogP contribution in [-0.2, 0) is 9.47 Å². The van der Waals surface area contributed by atoms with E-state index in [1.807, 2.05) is 14.2 Å². The van der Waals surface area contributed by atoms with Crippen molar-refractivity contribution in [1.82, 2.24) is 5.32 Å². The van der Waals surface area contributed by atoms with Gasteiger partial charge in [-0.1, -0.05) is 45.1 Å². The van der Waals surface area contributed by atoms with Crippen LogP contribution in [0.4, 0.5) is 0 Å². The Morgan fingerprint density at radius 3 is 2.17 bits per heavy atom. The van der Waals surface area contributed by atoms with Crippen molar-refractivity contribution in [2.45, 2.75) is 96.3 Å².